The summed E-state index contributed by atoms with van der Waals surface area (Å²) in [5.74, 6) is 0. The molecule has 0 spiro atoms. The SMILES string of the molecule is CCNC(Cc1ccccc1)CC1(OC)CCC1. The number of likely N-dealkylation sites (N-methyl/N-ethyl adjacent to an activating group) is 1. The summed E-state index contributed by atoms with van der Waals surface area (Å²) in [6.45, 7) is 3.20. The highest BCUT2D eigenvalue weighted by Gasteiger charge is 2.38. The summed E-state index contributed by atoms with van der Waals surface area (Å²) in [7, 11) is 1.87. The lowest BCUT2D eigenvalue weighted by atomic mass is 9.75. The van der Waals surface area contributed by atoms with Crippen molar-refractivity contribution >= 4 is 0 Å². The zero-order valence-electron chi connectivity index (χ0n) is 11.6. The molecule has 1 fully saturated rings. The van der Waals surface area contributed by atoms with Crippen LogP contribution in [0.15, 0.2) is 30.3 Å². The van der Waals surface area contributed by atoms with E-state index in [4.69, 9.17) is 4.74 Å². The van der Waals surface area contributed by atoms with Gasteiger partial charge in [0.15, 0.2) is 0 Å². The van der Waals surface area contributed by atoms with Crippen molar-refractivity contribution in [1.82, 2.24) is 5.32 Å². The van der Waals surface area contributed by atoms with E-state index in [1.54, 1.807) is 0 Å². The van der Waals surface area contributed by atoms with Crippen molar-refractivity contribution in [3.8, 4) is 0 Å². The Kier molecular flexibility index (Phi) is 4.79. The highest BCUT2D eigenvalue weighted by atomic mass is 16.5. The van der Waals surface area contributed by atoms with Crippen LogP contribution in [0.1, 0.15) is 38.2 Å². The average molecular weight is 247 g/mol. The van der Waals surface area contributed by atoms with Gasteiger partial charge in [0.2, 0.25) is 0 Å². The van der Waals surface area contributed by atoms with Crippen molar-refractivity contribution in [2.75, 3.05) is 13.7 Å². The standard InChI is InChI=1S/C16H25NO/c1-3-17-15(12-14-8-5-4-6-9-14)13-16(18-2)10-7-11-16/h4-6,8-9,15,17H,3,7,10-13H2,1-2H3. The van der Waals surface area contributed by atoms with Crippen molar-refractivity contribution in [3.05, 3.63) is 35.9 Å². The molecule has 0 aromatic heterocycles. The molecule has 1 atom stereocenters. The van der Waals surface area contributed by atoms with Crippen molar-refractivity contribution in [2.45, 2.75) is 50.7 Å². The third-order valence-corrected chi connectivity index (χ3v) is 4.13. The highest BCUT2D eigenvalue weighted by molar-refractivity contribution is 5.16. The normalized spacial score (nSPS) is 19.2. The van der Waals surface area contributed by atoms with E-state index in [2.05, 4.69) is 42.6 Å². The summed E-state index contributed by atoms with van der Waals surface area (Å²) in [6.07, 6.45) is 5.99. The first kappa shape index (κ1) is 13.6. The molecule has 1 aliphatic rings. The van der Waals surface area contributed by atoms with E-state index in [0.29, 0.717) is 6.04 Å². The first-order chi connectivity index (χ1) is 8.78. The van der Waals surface area contributed by atoms with Crippen LogP contribution in [0.5, 0.6) is 0 Å². The van der Waals surface area contributed by atoms with E-state index < -0.39 is 0 Å². The molecule has 1 aromatic rings. The maximum Gasteiger partial charge on any atom is 0.0693 e. The van der Waals surface area contributed by atoms with E-state index in [1.165, 1.54) is 24.8 Å². The van der Waals surface area contributed by atoms with E-state index in [-0.39, 0.29) is 5.60 Å². The van der Waals surface area contributed by atoms with Gasteiger partial charge in [-0.05, 0) is 44.2 Å². The molecule has 0 bridgehead atoms. The van der Waals surface area contributed by atoms with Gasteiger partial charge in [-0.15, -0.1) is 0 Å². The molecule has 2 heteroatoms. The molecule has 1 aromatic carbocycles. The Morgan fingerprint density at radius 1 is 1.28 bits per heavy atom. The lowest BCUT2D eigenvalue weighted by Crippen LogP contribution is -2.46. The van der Waals surface area contributed by atoms with Gasteiger partial charge in [0.05, 0.1) is 5.60 Å². The number of hydrogen-bond acceptors (Lipinski definition) is 2. The minimum Gasteiger partial charge on any atom is -0.378 e. The van der Waals surface area contributed by atoms with E-state index >= 15 is 0 Å². The summed E-state index contributed by atoms with van der Waals surface area (Å²) in [4.78, 5) is 0. The highest BCUT2D eigenvalue weighted by Crippen LogP contribution is 2.39. The van der Waals surface area contributed by atoms with Gasteiger partial charge in [-0.1, -0.05) is 37.3 Å². The van der Waals surface area contributed by atoms with Gasteiger partial charge in [-0.3, -0.25) is 0 Å². The Bertz CT molecular complexity index is 340. The minimum absolute atomic E-state index is 0.154. The first-order valence-corrected chi connectivity index (χ1v) is 7.10. The minimum atomic E-state index is 0.154. The monoisotopic (exact) mass is 247 g/mol. The van der Waals surface area contributed by atoms with Crippen LogP contribution in [0, 0.1) is 0 Å². The molecule has 1 N–H and O–H groups in total. The van der Waals surface area contributed by atoms with Crippen LogP contribution < -0.4 is 5.32 Å². The maximum atomic E-state index is 5.75. The van der Waals surface area contributed by atoms with Crippen molar-refractivity contribution < 1.29 is 4.74 Å². The number of hydrogen-bond donors (Lipinski definition) is 1. The maximum absolute atomic E-state index is 5.75. The topological polar surface area (TPSA) is 21.3 Å². The molecule has 1 unspecified atom stereocenters. The molecule has 100 valence electrons. The molecule has 0 aliphatic heterocycles. The van der Waals surface area contributed by atoms with Crippen molar-refractivity contribution in [2.24, 2.45) is 0 Å². The number of methoxy groups -OCH3 is 1. The summed E-state index contributed by atoms with van der Waals surface area (Å²) in [5.41, 5.74) is 1.57. The molecular weight excluding hydrogens is 222 g/mol. The van der Waals surface area contributed by atoms with Crippen LogP contribution >= 0.6 is 0 Å². The summed E-state index contributed by atoms with van der Waals surface area (Å²) >= 11 is 0. The zero-order chi connectivity index (χ0) is 12.8. The van der Waals surface area contributed by atoms with Gasteiger partial charge in [-0.2, -0.15) is 0 Å². The molecule has 2 nitrogen and oxygen atoms in total. The van der Waals surface area contributed by atoms with Gasteiger partial charge in [0.1, 0.15) is 0 Å². The largest absolute Gasteiger partial charge is 0.378 e. The third-order valence-electron chi connectivity index (χ3n) is 4.13. The molecule has 0 saturated heterocycles. The quantitative estimate of drug-likeness (QED) is 0.799. The van der Waals surface area contributed by atoms with Crippen LogP contribution in [0.4, 0.5) is 0 Å². The predicted molar refractivity (Wildman–Crippen MR) is 75.8 cm³/mol. The second-order valence-electron chi connectivity index (χ2n) is 5.39. The van der Waals surface area contributed by atoms with Crippen molar-refractivity contribution in [1.29, 1.82) is 0 Å². The van der Waals surface area contributed by atoms with E-state index in [0.717, 1.165) is 19.4 Å². The fourth-order valence-corrected chi connectivity index (χ4v) is 2.92. The number of nitrogens with one attached hydrogen (secondary N) is 1. The second-order valence-corrected chi connectivity index (χ2v) is 5.39. The molecule has 2 rings (SSSR count). The zero-order valence-corrected chi connectivity index (χ0v) is 11.6. The molecule has 0 heterocycles. The van der Waals surface area contributed by atoms with E-state index in [1.807, 2.05) is 7.11 Å². The molecule has 1 saturated carbocycles. The van der Waals surface area contributed by atoms with Gasteiger partial charge in [0.25, 0.3) is 0 Å². The van der Waals surface area contributed by atoms with Gasteiger partial charge >= 0.3 is 0 Å². The summed E-state index contributed by atoms with van der Waals surface area (Å²) in [5, 5.41) is 3.61. The number of rotatable bonds is 7. The predicted octanol–water partition coefficient (Wildman–Crippen LogP) is 3.17. The molecule has 0 amide bonds. The number of ether oxygens (including phenoxy) is 1. The first-order valence-electron chi connectivity index (χ1n) is 7.10. The molecule has 18 heavy (non-hydrogen) atoms. The van der Waals surface area contributed by atoms with Crippen LogP contribution in [0.25, 0.3) is 0 Å². The Morgan fingerprint density at radius 3 is 2.50 bits per heavy atom. The van der Waals surface area contributed by atoms with Crippen LogP contribution in [-0.2, 0) is 11.2 Å². The van der Waals surface area contributed by atoms with Gasteiger partial charge in [0, 0.05) is 13.2 Å². The summed E-state index contributed by atoms with van der Waals surface area (Å²) < 4.78 is 5.75. The third kappa shape index (κ3) is 3.33. The molecule has 1 aliphatic carbocycles. The lowest BCUT2D eigenvalue weighted by Gasteiger charge is -2.43. The second kappa shape index (κ2) is 6.35. The molecule has 0 radical (unpaired) electrons. The molecular formula is C16H25NO. The number of benzene rings is 1. The Balaban J connectivity index is 1.95. The fraction of sp³-hybridized carbons (Fsp3) is 0.625. The van der Waals surface area contributed by atoms with E-state index in [9.17, 15) is 0 Å². The average Bonchev–Trinajstić information content (AvgIpc) is 2.35. The lowest BCUT2D eigenvalue weighted by molar-refractivity contribution is -0.0833. The van der Waals surface area contributed by atoms with Crippen LogP contribution in [-0.4, -0.2) is 25.3 Å². The van der Waals surface area contributed by atoms with Crippen molar-refractivity contribution in [3.63, 3.8) is 0 Å². The Labute approximate surface area is 111 Å². The Hall–Kier alpha value is -0.860. The summed E-state index contributed by atoms with van der Waals surface area (Å²) in [6, 6.07) is 11.3. The van der Waals surface area contributed by atoms with Crippen LogP contribution in [0.2, 0.25) is 0 Å². The van der Waals surface area contributed by atoms with Gasteiger partial charge < -0.3 is 10.1 Å². The fourth-order valence-electron chi connectivity index (χ4n) is 2.92. The Morgan fingerprint density at radius 2 is 2.00 bits per heavy atom. The van der Waals surface area contributed by atoms with Gasteiger partial charge in [-0.25, -0.2) is 0 Å². The van der Waals surface area contributed by atoms with Crippen LogP contribution in [0.3, 0.4) is 0 Å². The smallest absolute Gasteiger partial charge is 0.0693 e.